The van der Waals surface area contributed by atoms with E-state index in [1.807, 2.05) is 0 Å². The Morgan fingerprint density at radius 2 is 1.67 bits per heavy atom. The molecule has 0 amide bonds. The second kappa shape index (κ2) is 7.53. The van der Waals surface area contributed by atoms with Gasteiger partial charge in [0.15, 0.2) is 0 Å². The molecular weight excluding hydrogens is 335 g/mol. The van der Waals surface area contributed by atoms with Crippen molar-refractivity contribution in [2.75, 3.05) is 6.54 Å². The van der Waals surface area contributed by atoms with E-state index in [1.165, 1.54) is 6.92 Å². The SMILES string of the molecule is CCC(NCC(C)O)c1c([N+](=O)[O-])cc(C(F)(F)F)cc1[N+](=O)[O-]. The van der Waals surface area contributed by atoms with Gasteiger partial charge in [-0.25, -0.2) is 0 Å². The summed E-state index contributed by atoms with van der Waals surface area (Å²) in [7, 11) is 0. The Hall–Kier alpha value is -2.27. The largest absolute Gasteiger partial charge is 0.416 e. The molecule has 0 aliphatic rings. The van der Waals surface area contributed by atoms with Crippen LogP contribution in [0.1, 0.15) is 37.4 Å². The van der Waals surface area contributed by atoms with Crippen molar-refractivity contribution in [1.82, 2.24) is 5.32 Å². The van der Waals surface area contributed by atoms with Crippen molar-refractivity contribution in [3.63, 3.8) is 0 Å². The third-order valence-electron chi connectivity index (χ3n) is 3.27. The van der Waals surface area contributed by atoms with Crippen LogP contribution < -0.4 is 5.32 Å². The Kier molecular flexibility index (Phi) is 6.21. The van der Waals surface area contributed by atoms with E-state index in [9.17, 15) is 38.5 Å². The summed E-state index contributed by atoms with van der Waals surface area (Å²) >= 11 is 0. The molecular formula is C13H16F3N3O5. The van der Waals surface area contributed by atoms with Gasteiger partial charge in [-0.2, -0.15) is 13.2 Å². The number of hydrogen-bond acceptors (Lipinski definition) is 6. The molecule has 0 aromatic heterocycles. The van der Waals surface area contributed by atoms with Gasteiger partial charge >= 0.3 is 6.18 Å². The monoisotopic (exact) mass is 351 g/mol. The molecule has 2 N–H and O–H groups in total. The summed E-state index contributed by atoms with van der Waals surface area (Å²) in [5, 5.41) is 34.3. The van der Waals surface area contributed by atoms with E-state index < -0.39 is 50.7 Å². The highest BCUT2D eigenvalue weighted by Gasteiger charge is 2.39. The van der Waals surface area contributed by atoms with E-state index in [-0.39, 0.29) is 25.1 Å². The molecule has 0 aliphatic heterocycles. The summed E-state index contributed by atoms with van der Waals surface area (Å²) in [4.78, 5) is 20.2. The number of aliphatic hydroxyl groups excluding tert-OH is 1. The van der Waals surface area contributed by atoms with Gasteiger partial charge in [-0.1, -0.05) is 6.92 Å². The molecule has 1 aromatic rings. The Bertz CT molecular complexity index is 599. The molecule has 11 heteroatoms. The first kappa shape index (κ1) is 19.8. The van der Waals surface area contributed by atoms with Gasteiger partial charge < -0.3 is 10.4 Å². The quantitative estimate of drug-likeness (QED) is 0.576. The summed E-state index contributed by atoms with van der Waals surface area (Å²) in [5.74, 6) is 0. The zero-order valence-electron chi connectivity index (χ0n) is 12.8. The first-order valence-electron chi connectivity index (χ1n) is 6.94. The predicted octanol–water partition coefficient (Wildman–Crippen LogP) is 2.94. The molecule has 0 heterocycles. The van der Waals surface area contributed by atoms with Crippen LogP contribution in [0.5, 0.6) is 0 Å². The zero-order valence-corrected chi connectivity index (χ0v) is 12.8. The minimum Gasteiger partial charge on any atom is -0.392 e. The number of nitrogens with zero attached hydrogens (tertiary/aromatic N) is 2. The van der Waals surface area contributed by atoms with Gasteiger partial charge in [0.1, 0.15) is 5.56 Å². The van der Waals surface area contributed by atoms with E-state index in [4.69, 9.17) is 0 Å². The van der Waals surface area contributed by atoms with Crippen LogP contribution in [-0.2, 0) is 6.18 Å². The predicted molar refractivity (Wildman–Crippen MR) is 77.5 cm³/mol. The molecule has 134 valence electrons. The van der Waals surface area contributed by atoms with E-state index in [0.717, 1.165) is 0 Å². The van der Waals surface area contributed by atoms with Gasteiger partial charge in [-0.05, 0) is 13.3 Å². The summed E-state index contributed by atoms with van der Waals surface area (Å²) in [5.41, 5.74) is -3.88. The molecule has 0 spiro atoms. The van der Waals surface area contributed by atoms with Gasteiger partial charge in [0, 0.05) is 24.7 Å². The summed E-state index contributed by atoms with van der Waals surface area (Å²) in [6.07, 6.45) is -5.66. The fraction of sp³-hybridized carbons (Fsp3) is 0.538. The van der Waals surface area contributed by atoms with E-state index in [0.29, 0.717) is 0 Å². The third-order valence-corrected chi connectivity index (χ3v) is 3.27. The molecule has 0 radical (unpaired) electrons. The highest BCUT2D eigenvalue weighted by molar-refractivity contribution is 5.58. The molecule has 0 saturated heterocycles. The summed E-state index contributed by atoms with van der Waals surface area (Å²) in [6.45, 7) is 2.95. The van der Waals surface area contributed by atoms with Crippen LogP contribution in [0.2, 0.25) is 0 Å². The zero-order chi connectivity index (χ0) is 18.7. The first-order valence-corrected chi connectivity index (χ1v) is 6.94. The fourth-order valence-electron chi connectivity index (χ4n) is 2.21. The number of hydrogen-bond donors (Lipinski definition) is 2. The third kappa shape index (κ3) is 4.61. The Balaban J connectivity index is 3.60. The highest BCUT2D eigenvalue weighted by Crippen LogP contribution is 2.41. The van der Waals surface area contributed by atoms with Crippen LogP contribution in [0.4, 0.5) is 24.5 Å². The summed E-state index contributed by atoms with van der Waals surface area (Å²) < 4.78 is 38.5. The molecule has 0 saturated carbocycles. The average Bonchev–Trinajstić information content (AvgIpc) is 2.45. The summed E-state index contributed by atoms with van der Waals surface area (Å²) in [6, 6.07) is -0.382. The van der Waals surface area contributed by atoms with Crippen molar-refractivity contribution in [3.8, 4) is 0 Å². The molecule has 2 atom stereocenters. The van der Waals surface area contributed by atoms with Crippen molar-refractivity contribution in [3.05, 3.63) is 43.5 Å². The minimum atomic E-state index is -4.96. The van der Waals surface area contributed by atoms with Crippen LogP contribution >= 0.6 is 0 Å². The number of rotatable bonds is 7. The van der Waals surface area contributed by atoms with E-state index >= 15 is 0 Å². The average molecular weight is 351 g/mol. The molecule has 24 heavy (non-hydrogen) atoms. The molecule has 0 fully saturated rings. The molecule has 1 rings (SSSR count). The normalized spacial score (nSPS) is 14.2. The standard InChI is InChI=1S/C13H16F3N3O5/c1-3-9(17-6-7(2)20)12-10(18(21)22)4-8(13(14,15)16)5-11(12)19(23)24/h4-5,7,9,17,20H,3,6H2,1-2H3. The molecule has 0 aliphatic carbocycles. The van der Waals surface area contributed by atoms with Crippen LogP contribution in [0, 0.1) is 20.2 Å². The minimum absolute atomic E-state index is 0.0339. The van der Waals surface area contributed by atoms with Crippen LogP contribution in [-0.4, -0.2) is 27.6 Å². The number of aliphatic hydroxyl groups is 1. The second-order valence-corrected chi connectivity index (χ2v) is 5.16. The maximum atomic E-state index is 12.8. The van der Waals surface area contributed by atoms with Gasteiger partial charge in [0.25, 0.3) is 11.4 Å². The van der Waals surface area contributed by atoms with Crippen molar-refractivity contribution in [2.45, 2.75) is 38.6 Å². The maximum Gasteiger partial charge on any atom is 0.416 e. The Labute approximate surface area is 134 Å². The fourth-order valence-corrected chi connectivity index (χ4v) is 2.21. The van der Waals surface area contributed by atoms with Gasteiger partial charge in [-0.15, -0.1) is 0 Å². The molecule has 1 aromatic carbocycles. The van der Waals surface area contributed by atoms with Crippen LogP contribution in [0.3, 0.4) is 0 Å². The van der Waals surface area contributed by atoms with E-state index in [1.54, 1.807) is 6.92 Å². The number of halogens is 3. The van der Waals surface area contributed by atoms with Gasteiger partial charge in [0.05, 0.1) is 21.5 Å². The van der Waals surface area contributed by atoms with Crippen LogP contribution in [0.15, 0.2) is 12.1 Å². The van der Waals surface area contributed by atoms with Crippen molar-refractivity contribution >= 4 is 11.4 Å². The maximum absolute atomic E-state index is 12.8. The lowest BCUT2D eigenvalue weighted by atomic mass is 9.97. The molecule has 0 bridgehead atoms. The van der Waals surface area contributed by atoms with E-state index in [2.05, 4.69) is 5.32 Å². The van der Waals surface area contributed by atoms with Crippen molar-refractivity contribution in [1.29, 1.82) is 0 Å². The number of alkyl halides is 3. The van der Waals surface area contributed by atoms with Crippen molar-refractivity contribution < 1.29 is 28.1 Å². The topological polar surface area (TPSA) is 119 Å². The number of benzene rings is 1. The van der Waals surface area contributed by atoms with Gasteiger partial charge in [0.2, 0.25) is 0 Å². The lowest BCUT2D eigenvalue weighted by molar-refractivity contribution is -0.396. The van der Waals surface area contributed by atoms with Gasteiger partial charge in [-0.3, -0.25) is 20.2 Å². The second-order valence-electron chi connectivity index (χ2n) is 5.16. The Morgan fingerprint density at radius 1 is 1.21 bits per heavy atom. The lowest BCUT2D eigenvalue weighted by Gasteiger charge is -2.19. The highest BCUT2D eigenvalue weighted by atomic mass is 19.4. The number of nitro benzene ring substituents is 2. The number of nitro groups is 2. The van der Waals surface area contributed by atoms with Crippen molar-refractivity contribution in [2.24, 2.45) is 0 Å². The van der Waals surface area contributed by atoms with Crippen LogP contribution in [0.25, 0.3) is 0 Å². The molecule has 2 unspecified atom stereocenters. The lowest BCUT2D eigenvalue weighted by Crippen LogP contribution is -2.29. The Morgan fingerprint density at radius 3 is 1.96 bits per heavy atom. The number of nitrogens with one attached hydrogen (secondary N) is 1. The molecule has 8 nitrogen and oxygen atoms in total. The smallest absolute Gasteiger partial charge is 0.392 e. The first-order chi connectivity index (χ1) is 11.0.